The summed E-state index contributed by atoms with van der Waals surface area (Å²) in [4.78, 5) is 47.9. The minimum absolute atomic E-state index is 0.00787. The number of nitrogens with two attached hydrogens (primary N) is 1. The summed E-state index contributed by atoms with van der Waals surface area (Å²) in [7, 11) is -16.6. The average Bonchev–Trinajstić information content (AvgIpc) is 3.13. The zero-order chi connectivity index (χ0) is 24.6. The molecule has 0 spiro atoms. The maximum absolute atomic E-state index is 12.0. The molecule has 33 heavy (non-hydrogen) atoms. The van der Waals surface area contributed by atoms with Crippen molar-refractivity contribution in [3.8, 4) is 0 Å². The van der Waals surface area contributed by atoms with Crippen molar-refractivity contribution < 1.29 is 56.6 Å². The molecule has 2 aliphatic rings. The number of anilines is 1. The molecule has 2 aliphatic carbocycles. The molecular weight excluding hydrogens is 535 g/mol. The fraction of sp³-hybridized carbons (Fsp3) is 0.583. The molecule has 2 fully saturated rings. The van der Waals surface area contributed by atoms with Gasteiger partial charge in [0.15, 0.2) is 11.5 Å². The van der Waals surface area contributed by atoms with Crippen LogP contribution < -0.4 is 5.73 Å². The van der Waals surface area contributed by atoms with E-state index in [0.717, 1.165) is 0 Å². The number of aliphatic hydroxyl groups is 2. The van der Waals surface area contributed by atoms with Crippen LogP contribution in [0.1, 0.15) is 12.5 Å². The first-order valence-corrected chi connectivity index (χ1v) is 13.8. The molecule has 0 aromatic carbocycles. The fourth-order valence-electron chi connectivity index (χ4n) is 4.16. The van der Waals surface area contributed by atoms with Crippen LogP contribution in [0.25, 0.3) is 11.2 Å². The Labute approximate surface area is 188 Å². The van der Waals surface area contributed by atoms with E-state index in [1.807, 2.05) is 0 Å². The van der Waals surface area contributed by atoms with E-state index in [4.69, 9.17) is 27.1 Å². The van der Waals surface area contributed by atoms with Crippen molar-refractivity contribution in [3.05, 3.63) is 11.6 Å². The van der Waals surface area contributed by atoms with Crippen molar-refractivity contribution >= 4 is 52.1 Å². The van der Waals surface area contributed by atoms with Crippen LogP contribution in [0.3, 0.4) is 0 Å². The van der Waals surface area contributed by atoms with Crippen molar-refractivity contribution in [2.75, 3.05) is 12.3 Å². The molecule has 8 N–H and O–H groups in total. The number of nitrogen functional groups attached to an aromatic ring is 1. The van der Waals surface area contributed by atoms with Gasteiger partial charge in [-0.3, -0.25) is 4.52 Å². The molecule has 2 heterocycles. The van der Waals surface area contributed by atoms with E-state index in [-0.39, 0.29) is 28.7 Å². The lowest BCUT2D eigenvalue weighted by atomic mass is 10.0. The highest BCUT2D eigenvalue weighted by molar-refractivity contribution is 7.66. The minimum atomic E-state index is -5.69. The van der Waals surface area contributed by atoms with Crippen molar-refractivity contribution in [3.63, 3.8) is 0 Å². The molecule has 2 aromatic rings. The Hall–Kier alpha value is -1.03. The second kappa shape index (κ2) is 8.00. The molecule has 5 unspecified atom stereocenters. The number of phosphoric acid groups is 3. The second-order valence-electron chi connectivity index (χ2n) is 7.54. The van der Waals surface area contributed by atoms with E-state index < -0.39 is 59.7 Å². The SMILES string of the molecule is Nc1nc(Cl)nc2c1ncn2C1C(O)C(O)[C@@]2(COP(=O)(O)OP(=O)(O)OP(=O)(O)O)C[C@H]12. The quantitative estimate of drug-likeness (QED) is 0.164. The van der Waals surface area contributed by atoms with Crippen LogP contribution in [-0.2, 0) is 26.8 Å². The zero-order valence-electron chi connectivity index (χ0n) is 16.0. The number of halogens is 1. The Morgan fingerprint density at radius 2 is 1.82 bits per heavy atom. The first kappa shape index (κ1) is 25.1. The maximum Gasteiger partial charge on any atom is 0.490 e. The normalized spacial score (nSPS) is 32.9. The number of imidazole rings is 1. The van der Waals surface area contributed by atoms with Gasteiger partial charge < -0.3 is 40.1 Å². The highest BCUT2D eigenvalue weighted by Crippen LogP contribution is 2.71. The predicted molar refractivity (Wildman–Crippen MR) is 106 cm³/mol. The Morgan fingerprint density at radius 3 is 2.45 bits per heavy atom. The minimum Gasteiger partial charge on any atom is -0.390 e. The van der Waals surface area contributed by atoms with E-state index >= 15 is 0 Å². The van der Waals surface area contributed by atoms with Gasteiger partial charge >= 0.3 is 23.5 Å². The third-order valence-corrected chi connectivity index (χ3v) is 9.46. The van der Waals surface area contributed by atoms with Crippen molar-refractivity contribution in [2.24, 2.45) is 11.3 Å². The number of fused-ring (bicyclic) bond motifs is 2. The second-order valence-corrected chi connectivity index (χ2v) is 12.3. The lowest BCUT2D eigenvalue weighted by Crippen LogP contribution is -2.35. The lowest BCUT2D eigenvalue weighted by Gasteiger charge is -2.24. The highest BCUT2D eigenvalue weighted by atomic mass is 35.5. The summed E-state index contributed by atoms with van der Waals surface area (Å²) in [5.41, 5.74) is 4.89. The van der Waals surface area contributed by atoms with Crippen molar-refractivity contribution in [1.29, 1.82) is 0 Å². The van der Waals surface area contributed by atoms with Gasteiger partial charge in [0, 0.05) is 5.41 Å². The number of rotatable bonds is 8. The number of hydrogen-bond donors (Lipinski definition) is 7. The van der Waals surface area contributed by atoms with Gasteiger partial charge in [-0.05, 0) is 23.9 Å². The molecule has 21 heteroatoms. The number of aliphatic hydroxyl groups excluding tert-OH is 2. The van der Waals surface area contributed by atoms with Gasteiger partial charge in [0.2, 0.25) is 5.28 Å². The van der Waals surface area contributed by atoms with Gasteiger partial charge in [0.25, 0.3) is 0 Å². The van der Waals surface area contributed by atoms with Crippen LogP contribution in [0.2, 0.25) is 5.28 Å². The number of phosphoric ester groups is 1. The molecule has 0 saturated heterocycles. The molecule has 184 valence electrons. The summed E-state index contributed by atoms with van der Waals surface area (Å²) in [5.74, 6) is -0.534. The van der Waals surface area contributed by atoms with E-state index in [0.29, 0.717) is 0 Å². The van der Waals surface area contributed by atoms with E-state index in [9.17, 15) is 33.7 Å². The third kappa shape index (κ3) is 4.75. The van der Waals surface area contributed by atoms with E-state index in [1.165, 1.54) is 10.9 Å². The Balaban J connectivity index is 1.52. The number of nitrogens with zero attached hydrogens (tertiary/aromatic N) is 4. The number of aromatic nitrogens is 4. The molecule has 7 atom stereocenters. The largest absolute Gasteiger partial charge is 0.490 e. The third-order valence-electron chi connectivity index (χ3n) is 5.51. The summed E-state index contributed by atoms with van der Waals surface area (Å²) in [6, 6.07) is -0.820. The monoisotopic (exact) mass is 551 g/mol. The summed E-state index contributed by atoms with van der Waals surface area (Å²) >= 11 is 5.84. The van der Waals surface area contributed by atoms with Crippen LogP contribution in [0.15, 0.2) is 6.33 Å². The molecule has 2 saturated carbocycles. The predicted octanol–water partition coefficient (Wildman–Crippen LogP) is -0.312. The van der Waals surface area contributed by atoms with Crippen LogP contribution in [-0.4, -0.2) is 68.1 Å². The molecule has 0 amide bonds. The van der Waals surface area contributed by atoms with E-state index in [2.05, 4.69) is 28.1 Å². The Kier molecular flexibility index (Phi) is 6.08. The van der Waals surface area contributed by atoms with Gasteiger partial charge in [-0.25, -0.2) is 18.7 Å². The lowest BCUT2D eigenvalue weighted by molar-refractivity contribution is -0.0297. The molecule has 0 radical (unpaired) electrons. The van der Waals surface area contributed by atoms with Gasteiger partial charge in [-0.15, -0.1) is 0 Å². The van der Waals surface area contributed by atoms with Gasteiger partial charge in [-0.1, -0.05) is 0 Å². The first-order valence-electron chi connectivity index (χ1n) is 8.85. The summed E-state index contributed by atoms with van der Waals surface area (Å²) in [6.07, 6.45) is -1.37. The van der Waals surface area contributed by atoms with Gasteiger partial charge in [0.1, 0.15) is 11.6 Å². The fourth-order valence-corrected chi connectivity index (χ4v) is 7.43. The van der Waals surface area contributed by atoms with Crippen LogP contribution >= 0.6 is 35.1 Å². The van der Waals surface area contributed by atoms with Gasteiger partial charge in [0.05, 0.1) is 25.1 Å². The Bertz CT molecular complexity index is 1250. The highest BCUT2D eigenvalue weighted by Gasteiger charge is 2.72. The summed E-state index contributed by atoms with van der Waals surface area (Å²) < 4.78 is 47.6. The smallest absolute Gasteiger partial charge is 0.390 e. The van der Waals surface area contributed by atoms with Crippen molar-refractivity contribution in [2.45, 2.75) is 24.7 Å². The van der Waals surface area contributed by atoms with Crippen LogP contribution in [0, 0.1) is 11.3 Å². The average molecular weight is 552 g/mol. The molecule has 4 rings (SSSR count). The van der Waals surface area contributed by atoms with Crippen LogP contribution in [0.5, 0.6) is 0 Å². The molecule has 0 aliphatic heterocycles. The summed E-state index contributed by atoms with van der Waals surface area (Å²) in [6.45, 7) is -0.722. The van der Waals surface area contributed by atoms with E-state index in [1.54, 1.807) is 0 Å². The molecule has 17 nitrogen and oxygen atoms in total. The topological polar surface area (TPSA) is 270 Å². The maximum atomic E-state index is 12.0. The molecular formula is C12H17ClN5O12P3. The molecule has 2 aromatic heterocycles. The van der Waals surface area contributed by atoms with Crippen LogP contribution in [0.4, 0.5) is 5.82 Å². The Morgan fingerprint density at radius 1 is 1.15 bits per heavy atom. The standard InChI is InChI=1S/C12H17ClN5O12P3/c13-11-16-9(14)5-10(17-11)18(3-15-5)6-4-1-12(4,8(20)7(6)19)2-28-32(24,25)30-33(26,27)29-31(21,22)23/h3-4,6-8,19-20H,1-2H2,(H,24,25)(H,26,27)(H2,14,16,17)(H2,21,22,23)/t4-,6?,7?,8?,12-/m1/s1. The molecule has 0 bridgehead atoms. The first-order chi connectivity index (χ1) is 15.1. The number of hydrogen-bond acceptors (Lipinski definition) is 12. The van der Waals surface area contributed by atoms with Crippen molar-refractivity contribution in [1.82, 2.24) is 19.5 Å². The summed E-state index contributed by atoms with van der Waals surface area (Å²) in [5, 5.41) is 21.0. The zero-order valence-corrected chi connectivity index (χ0v) is 19.5. The van der Waals surface area contributed by atoms with Gasteiger partial charge in [-0.2, -0.15) is 18.6 Å².